The molecule has 1 atom stereocenters. The van der Waals surface area contributed by atoms with Crippen LogP contribution in [0.25, 0.3) is 11.3 Å². The zero-order chi connectivity index (χ0) is 19.4. The van der Waals surface area contributed by atoms with E-state index in [9.17, 15) is 9.59 Å². The van der Waals surface area contributed by atoms with Gasteiger partial charge in [0.2, 0.25) is 0 Å². The van der Waals surface area contributed by atoms with Crippen LogP contribution in [0.5, 0.6) is 0 Å². The number of thiazole rings is 1. The van der Waals surface area contributed by atoms with Crippen LogP contribution < -0.4 is 5.32 Å². The van der Waals surface area contributed by atoms with Crippen molar-refractivity contribution in [3.63, 3.8) is 0 Å². The first-order valence-corrected chi connectivity index (χ1v) is 9.37. The van der Waals surface area contributed by atoms with Gasteiger partial charge in [-0.05, 0) is 38.5 Å². The molecule has 5 nitrogen and oxygen atoms in total. The van der Waals surface area contributed by atoms with Gasteiger partial charge in [0.05, 0.1) is 10.7 Å². The third-order valence-electron chi connectivity index (χ3n) is 3.91. The number of rotatable bonds is 5. The van der Waals surface area contributed by atoms with E-state index in [1.54, 1.807) is 13.0 Å². The van der Waals surface area contributed by atoms with E-state index in [4.69, 9.17) is 4.74 Å². The van der Waals surface area contributed by atoms with Crippen LogP contribution in [-0.2, 0) is 9.53 Å². The average molecular weight is 380 g/mol. The van der Waals surface area contributed by atoms with Gasteiger partial charge in [0, 0.05) is 11.3 Å². The number of nitrogens with one attached hydrogen (secondary N) is 1. The van der Waals surface area contributed by atoms with Gasteiger partial charge in [0.1, 0.15) is 4.88 Å². The van der Waals surface area contributed by atoms with Crippen LogP contribution >= 0.6 is 11.3 Å². The summed E-state index contributed by atoms with van der Waals surface area (Å²) in [7, 11) is 0. The quantitative estimate of drug-likeness (QED) is 0.656. The summed E-state index contributed by atoms with van der Waals surface area (Å²) in [6.07, 6.45) is -0.927. The van der Waals surface area contributed by atoms with Gasteiger partial charge in [-0.3, -0.25) is 4.79 Å². The van der Waals surface area contributed by atoms with Gasteiger partial charge in [0.15, 0.2) is 6.10 Å². The van der Waals surface area contributed by atoms with E-state index >= 15 is 0 Å². The molecule has 1 aromatic heterocycles. The van der Waals surface area contributed by atoms with E-state index in [1.165, 1.54) is 11.3 Å². The van der Waals surface area contributed by atoms with Crippen molar-refractivity contribution in [1.82, 2.24) is 4.98 Å². The number of hydrogen-bond acceptors (Lipinski definition) is 5. The topological polar surface area (TPSA) is 68.3 Å². The molecule has 0 aliphatic rings. The van der Waals surface area contributed by atoms with Gasteiger partial charge in [-0.1, -0.05) is 42.5 Å². The summed E-state index contributed by atoms with van der Waals surface area (Å²) in [4.78, 5) is 29.8. The molecule has 0 radical (unpaired) electrons. The number of nitrogens with zero attached hydrogens (tertiary/aromatic N) is 1. The van der Waals surface area contributed by atoms with Crippen molar-refractivity contribution in [2.24, 2.45) is 0 Å². The van der Waals surface area contributed by atoms with Crippen molar-refractivity contribution in [2.75, 3.05) is 5.32 Å². The predicted octanol–water partition coefficient (Wildman–Crippen LogP) is 4.61. The van der Waals surface area contributed by atoms with Crippen LogP contribution in [0.2, 0.25) is 0 Å². The summed E-state index contributed by atoms with van der Waals surface area (Å²) >= 11 is 1.26. The maximum atomic E-state index is 12.6. The predicted molar refractivity (Wildman–Crippen MR) is 107 cm³/mol. The molecule has 0 unspecified atom stereocenters. The fraction of sp³-hybridized carbons (Fsp3) is 0.190. The summed E-state index contributed by atoms with van der Waals surface area (Å²) < 4.78 is 5.40. The highest BCUT2D eigenvalue weighted by atomic mass is 32.1. The first-order chi connectivity index (χ1) is 12.9. The van der Waals surface area contributed by atoms with E-state index in [-0.39, 0.29) is 5.91 Å². The van der Waals surface area contributed by atoms with Crippen molar-refractivity contribution in [3.05, 3.63) is 70.0 Å². The molecule has 2 aromatic carbocycles. The molecule has 1 heterocycles. The summed E-state index contributed by atoms with van der Waals surface area (Å²) in [5, 5.41) is 3.52. The fourth-order valence-corrected chi connectivity index (χ4v) is 3.42. The van der Waals surface area contributed by atoms with E-state index in [2.05, 4.69) is 10.3 Å². The third kappa shape index (κ3) is 4.60. The molecule has 0 aliphatic heterocycles. The Hall–Kier alpha value is -2.99. The van der Waals surface area contributed by atoms with Crippen molar-refractivity contribution < 1.29 is 14.3 Å². The molecule has 0 saturated heterocycles. The Morgan fingerprint density at radius 1 is 1.07 bits per heavy atom. The molecular formula is C21H20N2O3S. The van der Waals surface area contributed by atoms with Gasteiger partial charge in [-0.25, -0.2) is 9.78 Å². The van der Waals surface area contributed by atoms with E-state index in [1.807, 2.05) is 62.4 Å². The van der Waals surface area contributed by atoms with Crippen LogP contribution in [-0.4, -0.2) is 23.0 Å². The van der Waals surface area contributed by atoms with Crippen LogP contribution in [0.3, 0.4) is 0 Å². The van der Waals surface area contributed by atoms with Crippen molar-refractivity contribution in [2.45, 2.75) is 26.9 Å². The zero-order valence-electron chi connectivity index (χ0n) is 15.4. The number of amides is 1. The minimum atomic E-state index is -0.927. The largest absolute Gasteiger partial charge is 0.448 e. The standard InChI is InChI=1S/C21H20N2O3S/c1-13-8-7-11-17(12-13)23-20(24)14(2)26-21(25)19-18(22-15(3)27-19)16-9-5-4-6-10-16/h4-12,14H,1-3H3,(H,23,24)/t14-/m1/s1. The van der Waals surface area contributed by atoms with Crippen LogP contribution in [0.15, 0.2) is 54.6 Å². The highest BCUT2D eigenvalue weighted by Gasteiger charge is 2.24. The second kappa shape index (κ2) is 8.14. The average Bonchev–Trinajstić information content (AvgIpc) is 3.04. The number of benzene rings is 2. The zero-order valence-corrected chi connectivity index (χ0v) is 16.2. The lowest BCUT2D eigenvalue weighted by atomic mass is 10.1. The number of esters is 1. The lowest BCUT2D eigenvalue weighted by Crippen LogP contribution is -2.29. The first kappa shape index (κ1) is 18.8. The van der Waals surface area contributed by atoms with Gasteiger partial charge in [0.25, 0.3) is 5.91 Å². The molecule has 0 aliphatic carbocycles. The normalized spacial score (nSPS) is 11.7. The molecule has 0 bridgehead atoms. The molecular weight excluding hydrogens is 360 g/mol. The second-order valence-electron chi connectivity index (χ2n) is 6.18. The fourth-order valence-electron chi connectivity index (χ4n) is 2.59. The Morgan fingerprint density at radius 3 is 2.52 bits per heavy atom. The minimum Gasteiger partial charge on any atom is -0.448 e. The van der Waals surface area contributed by atoms with Crippen molar-refractivity contribution in [3.8, 4) is 11.3 Å². The smallest absolute Gasteiger partial charge is 0.351 e. The van der Waals surface area contributed by atoms with Gasteiger partial charge in [-0.15, -0.1) is 11.3 Å². The summed E-state index contributed by atoms with van der Waals surface area (Å²) in [5.41, 5.74) is 3.12. The Labute approximate surface area is 162 Å². The Balaban J connectivity index is 1.73. The molecule has 0 saturated carbocycles. The maximum Gasteiger partial charge on any atom is 0.351 e. The number of carbonyl (C=O) groups excluding carboxylic acids is 2. The van der Waals surface area contributed by atoms with Crippen LogP contribution in [0.4, 0.5) is 5.69 Å². The van der Waals surface area contributed by atoms with E-state index in [0.29, 0.717) is 16.3 Å². The van der Waals surface area contributed by atoms with Crippen LogP contribution in [0, 0.1) is 13.8 Å². The monoisotopic (exact) mass is 380 g/mol. The van der Waals surface area contributed by atoms with Crippen LogP contribution in [0.1, 0.15) is 27.2 Å². The maximum absolute atomic E-state index is 12.6. The Kier molecular flexibility index (Phi) is 5.66. The molecule has 27 heavy (non-hydrogen) atoms. The number of aromatic nitrogens is 1. The molecule has 138 valence electrons. The van der Waals surface area contributed by atoms with Crippen molar-refractivity contribution >= 4 is 28.9 Å². The highest BCUT2D eigenvalue weighted by molar-refractivity contribution is 7.14. The molecule has 1 N–H and O–H groups in total. The molecule has 0 fully saturated rings. The van der Waals surface area contributed by atoms with Gasteiger partial charge < -0.3 is 10.1 Å². The lowest BCUT2D eigenvalue weighted by molar-refractivity contribution is -0.123. The Morgan fingerprint density at radius 2 is 1.81 bits per heavy atom. The molecule has 1 amide bonds. The summed E-state index contributed by atoms with van der Waals surface area (Å²) in [6, 6.07) is 16.9. The van der Waals surface area contributed by atoms with E-state index in [0.717, 1.165) is 16.1 Å². The number of carbonyl (C=O) groups is 2. The Bertz CT molecular complexity index is 967. The minimum absolute atomic E-state index is 0.378. The molecule has 3 rings (SSSR count). The SMILES string of the molecule is Cc1cccc(NC(=O)[C@@H](C)OC(=O)c2sc(C)nc2-c2ccccc2)c1. The number of aryl methyl sites for hydroxylation is 2. The molecule has 6 heteroatoms. The second-order valence-corrected chi connectivity index (χ2v) is 7.39. The number of anilines is 1. The van der Waals surface area contributed by atoms with Crippen molar-refractivity contribution in [1.29, 1.82) is 0 Å². The highest BCUT2D eigenvalue weighted by Crippen LogP contribution is 2.29. The lowest BCUT2D eigenvalue weighted by Gasteiger charge is -2.13. The molecule has 0 spiro atoms. The van der Waals surface area contributed by atoms with E-state index < -0.39 is 12.1 Å². The summed E-state index contributed by atoms with van der Waals surface area (Å²) in [5.74, 6) is -0.928. The third-order valence-corrected chi connectivity index (χ3v) is 4.86. The first-order valence-electron chi connectivity index (χ1n) is 8.55. The number of ether oxygens (including phenoxy) is 1. The summed E-state index contributed by atoms with van der Waals surface area (Å²) in [6.45, 7) is 5.33. The molecule has 3 aromatic rings. The van der Waals surface area contributed by atoms with Gasteiger partial charge in [-0.2, -0.15) is 0 Å². The van der Waals surface area contributed by atoms with Gasteiger partial charge >= 0.3 is 5.97 Å². The number of hydrogen-bond donors (Lipinski definition) is 1.